The Morgan fingerprint density at radius 1 is 1.48 bits per heavy atom. The van der Waals surface area contributed by atoms with E-state index in [9.17, 15) is 4.79 Å². The number of amides is 2. The molecule has 1 atom stereocenters. The number of carbonyl (C=O) groups excluding carboxylic acids is 1. The van der Waals surface area contributed by atoms with Crippen molar-refractivity contribution in [2.75, 3.05) is 27.2 Å². The molecule has 1 aliphatic rings. The van der Waals surface area contributed by atoms with Gasteiger partial charge in [0.25, 0.3) is 0 Å². The van der Waals surface area contributed by atoms with Gasteiger partial charge in [0.05, 0.1) is 11.7 Å². The lowest BCUT2D eigenvalue weighted by molar-refractivity contribution is 0.161. The predicted octanol–water partition coefficient (Wildman–Crippen LogP) is 2.16. The van der Waals surface area contributed by atoms with Gasteiger partial charge < -0.3 is 10.2 Å². The molecule has 0 bridgehead atoms. The van der Waals surface area contributed by atoms with E-state index < -0.39 is 0 Å². The van der Waals surface area contributed by atoms with Gasteiger partial charge >= 0.3 is 6.03 Å². The molecular weight excluding hydrogens is 310 g/mol. The molecule has 2 amide bonds. The standard InChI is InChI=1S/C16H23N5OS/c1-19(2)16(22)17-7-5-13-10-20(12-15-4-3-9-23-15)11-14-6-8-18-21(13)14/h3-4,6,8-9,13H,5,7,10-12H2,1-2H3,(H,17,22)/t13-/m1/s1. The summed E-state index contributed by atoms with van der Waals surface area (Å²) in [5, 5.41) is 9.54. The topological polar surface area (TPSA) is 53.4 Å². The summed E-state index contributed by atoms with van der Waals surface area (Å²) in [6.45, 7) is 3.53. The van der Waals surface area contributed by atoms with E-state index in [4.69, 9.17) is 0 Å². The van der Waals surface area contributed by atoms with Crippen molar-refractivity contribution in [1.29, 1.82) is 0 Å². The zero-order chi connectivity index (χ0) is 16.2. The second-order valence-electron chi connectivity index (χ2n) is 6.08. The first kappa shape index (κ1) is 16.0. The van der Waals surface area contributed by atoms with Gasteiger partial charge in [-0.05, 0) is 23.9 Å². The second-order valence-corrected chi connectivity index (χ2v) is 7.12. The summed E-state index contributed by atoms with van der Waals surface area (Å²) in [7, 11) is 3.51. The molecule has 0 aliphatic carbocycles. The number of nitrogens with one attached hydrogen (secondary N) is 1. The van der Waals surface area contributed by atoms with Gasteiger partial charge in [-0.1, -0.05) is 6.07 Å². The highest BCUT2D eigenvalue weighted by Gasteiger charge is 2.25. The number of fused-ring (bicyclic) bond motifs is 1. The monoisotopic (exact) mass is 333 g/mol. The molecule has 0 fully saturated rings. The maximum atomic E-state index is 11.6. The van der Waals surface area contributed by atoms with Gasteiger partial charge in [0.1, 0.15) is 0 Å². The van der Waals surface area contributed by atoms with Crippen LogP contribution in [0.15, 0.2) is 29.8 Å². The van der Waals surface area contributed by atoms with Crippen molar-refractivity contribution in [1.82, 2.24) is 24.9 Å². The van der Waals surface area contributed by atoms with Crippen molar-refractivity contribution in [3.05, 3.63) is 40.3 Å². The van der Waals surface area contributed by atoms with Crippen molar-refractivity contribution in [2.24, 2.45) is 0 Å². The summed E-state index contributed by atoms with van der Waals surface area (Å²) in [5.41, 5.74) is 1.25. The number of nitrogens with zero attached hydrogens (tertiary/aromatic N) is 4. The largest absolute Gasteiger partial charge is 0.338 e. The molecule has 0 saturated heterocycles. The molecule has 0 spiro atoms. The molecular formula is C16H23N5OS. The first-order chi connectivity index (χ1) is 11.1. The molecule has 1 aliphatic heterocycles. The molecule has 3 rings (SSSR count). The molecule has 2 aromatic rings. The molecule has 0 saturated carbocycles. The number of thiophene rings is 1. The zero-order valence-corrected chi connectivity index (χ0v) is 14.4. The summed E-state index contributed by atoms with van der Waals surface area (Å²) < 4.78 is 2.12. The number of hydrogen-bond acceptors (Lipinski definition) is 4. The number of rotatable bonds is 5. The van der Waals surface area contributed by atoms with Crippen LogP contribution in [0.3, 0.4) is 0 Å². The Morgan fingerprint density at radius 2 is 2.35 bits per heavy atom. The first-order valence-corrected chi connectivity index (χ1v) is 8.73. The number of carbonyl (C=O) groups is 1. The molecule has 3 heterocycles. The Bertz CT molecular complexity index is 637. The van der Waals surface area contributed by atoms with Crippen LogP contribution in [-0.4, -0.2) is 52.8 Å². The van der Waals surface area contributed by atoms with Crippen LogP contribution in [0.2, 0.25) is 0 Å². The van der Waals surface area contributed by atoms with Crippen LogP contribution < -0.4 is 5.32 Å². The fourth-order valence-corrected chi connectivity index (χ4v) is 3.67. The van der Waals surface area contributed by atoms with Crippen LogP contribution in [-0.2, 0) is 13.1 Å². The minimum absolute atomic E-state index is 0.0445. The van der Waals surface area contributed by atoms with Crippen molar-refractivity contribution >= 4 is 17.4 Å². The summed E-state index contributed by atoms with van der Waals surface area (Å²) >= 11 is 1.80. The maximum Gasteiger partial charge on any atom is 0.316 e. The van der Waals surface area contributed by atoms with Crippen LogP contribution in [0.5, 0.6) is 0 Å². The average Bonchev–Trinajstić information content (AvgIpc) is 3.18. The van der Waals surface area contributed by atoms with Crippen LogP contribution in [0.1, 0.15) is 23.0 Å². The van der Waals surface area contributed by atoms with Crippen LogP contribution in [0.25, 0.3) is 0 Å². The third-order valence-corrected chi connectivity index (χ3v) is 4.93. The van der Waals surface area contributed by atoms with Crippen molar-refractivity contribution in [3.8, 4) is 0 Å². The van der Waals surface area contributed by atoms with E-state index in [1.54, 1.807) is 30.3 Å². The van der Waals surface area contributed by atoms with Crippen molar-refractivity contribution < 1.29 is 4.79 Å². The molecule has 6 nitrogen and oxygen atoms in total. The van der Waals surface area contributed by atoms with Crippen LogP contribution in [0.4, 0.5) is 4.79 Å². The lowest BCUT2D eigenvalue weighted by atomic mass is 10.1. The molecule has 7 heteroatoms. The van der Waals surface area contributed by atoms with Gasteiger partial charge in [-0.25, -0.2) is 4.79 Å². The molecule has 2 aromatic heterocycles. The minimum atomic E-state index is -0.0445. The van der Waals surface area contributed by atoms with Gasteiger partial charge in [0.15, 0.2) is 0 Å². The highest BCUT2D eigenvalue weighted by molar-refractivity contribution is 7.09. The van der Waals surface area contributed by atoms with E-state index in [1.165, 1.54) is 10.6 Å². The third kappa shape index (κ3) is 3.92. The quantitative estimate of drug-likeness (QED) is 0.912. The maximum absolute atomic E-state index is 11.6. The van der Waals surface area contributed by atoms with E-state index in [-0.39, 0.29) is 6.03 Å². The lowest BCUT2D eigenvalue weighted by Gasteiger charge is -2.33. The molecule has 0 aromatic carbocycles. The van der Waals surface area contributed by atoms with Crippen LogP contribution in [0, 0.1) is 0 Å². The fourth-order valence-electron chi connectivity index (χ4n) is 2.93. The zero-order valence-electron chi connectivity index (χ0n) is 13.6. The van der Waals surface area contributed by atoms with Crippen molar-refractivity contribution in [3.63, 3.8) is 0 Å². The Kier molecular flexibility index (Phi) is 4.97. The third-order valence-electron chi connectivity index (χ3n) is 4.07. The van der Waals surface area contributed by atoms with E-state index in [0.29, 0.717) is 12.6 Å². The van der Waals surface area contributed by atoms with E-state index in [2.05, 4.69) is 43.6 Å². The molecule has 0 radical (unpaired) electrons. The highest BCUT2D eigenvalue weighted by Crippen LogP contribution is 2.25. The van der Waals surface area contributed by atoms with E-state index >= 15 is 0 Å². The minimum Gasteiger partial charge on any atom is -0.338 e. The summed E-state index contributed by atoms with van der Waals surface area (Å²) in [4.78, 5) is 17.0. The Hall–Kier alpha value is -1.86. The average molecular weight is 333 g/mol. The summed E-state index contributed by atoms with van der Waals surface area (Å²) in [5.74, 6) is 0. The van der Waals surface area contributed by atoms with Crippen molar-refractivity contribution in [2.45, 2.75) is 25.6 Å². The highest BCUT2D eigenvalue weighted by atomic mass is 32.1. The predicted molar refractivity (Wildman–Crippen MR) is 91.4 cm³/mol. The number of aromatic nitrogens is 2. The van der Waals surface area contributed by atoms with Gasteiger partial charge in [0.2, 0.25) is 0 Å². The smallest absolute Gasteiger partial charge is 0.316 e. The normalized spacial score (nSPS) is 17.7. The Labute approximate surface area is 140 Å². The number of hydrogen-bond donors (Lipinski definition) is 1. The lowest BCUT2D eigenvalue weighted by Crippen LogP contribution is -2.40. The molecule has 0 unspecified atom stereocenters. The van der Waals surface area contributed by atoms with Gasteiger partial charge in [-0.2, -0.15) is 5.10 Å². The Morgan fingerprint density at radius 3 is 3.09 bits per heavy atom. The number of urea groups is 1. The van der Waals surface area contributed by atoms with Crippen LogP contribution >= 0.6 is 11.3 Å². The van der Waals surface area contributed by atoms with Gasteiger partial charge in [0, 0.05) is 51.3 Å². The SMILES string of the molecule is CN(C)C(=O)NCC[C@@H]1CN(Cc2cccs2)Cc2ccnn21. The summed E-state index contributed by atoms with van der Waals surface area (Å²) in [6.07, 6.45) is 2.75. The fraction of sp³-hybridized carbons (Fsp3) is 0.500. The second kappa shape index (κ2) is 7.14. The summed E-state index contributed by atoms with van der Waals surface area (Å²) in [6, 6.07) is 6.63. The van der Waals surface area contributed by atoms with E-state index in [1.807, 2.05) is 6.20 Å². The first-order valence-electron chi connectivity index (χ1n) is 7.86. The molecule has 124 valence electrons. The van der Waals surface area contributed by atoms with Gasteiger partial charge in [-0.3, -0.25) is 9.58 Å². The van der Waals surface area contributed by atoms with Gasteiger partial charge in [-0.15, -0.1) is 11.3 Å². The van der Waals surface area contributed by atoms with E-state index in [0.717, 1.165) is 26.1 Å². The molecule has 23 heavy (non-hydrogen) atoms. The molecule has 1 N–H and O–H groups in total. The Balaban J connectivity index is 1.61.